The molecular weight excluding hydrogens is 519 g/mol. The zero-order chi connectivity index (χ0) is 25.7. The summed E-state index contributed by atoms with van der Waals surface area (Å²) in [6.07, 6.45) is 1.76. The number of esters is 1. The highest BCUT2D eigenvalue weighted by Crippen LogP contribution is 2.37. The van der Waals surface area contributed by atoms with E-state index in [0.717, 1.165) is 29.7 Å². The Kier molecular flexibility index (Phi) is 8.82. The van der Waals surface area contributed by atoms with E-state index in [4.69, 9.17) is 32.7 Å². The maximum absolute atomic E-state index is 13.2. The summed E-state index contributed by atoms with van der Waals surface area (Å²) >= 11 is 13.7. The summed E-state index contributed by atoms with van der Waals surface area (Å²) in [5.41, 5.74) is 3.01. The van der Waals surface area contributed by atoms with Crippen LogP contribution in [0.4, 0.5) is 5.95 Å². The van der Waals surface area contributed by atoms with Gasteiger partial charge in [0.15, 0.2) is 0 Å². The highest BCUT2D eigenvalue weighted by Gasteiger charge is 2.35. The number of nitrogens with zero attached hydrogens (tertiary/aromatic N) is 3. The Bertz CT molecular complexity index is 1260. The van der Waals surface area contributed by atoms with Crippen LogP contribution in [0.15, 0.2) is 58.9 Å². The Morgan fingerprint density at radius 2 is 1.92 bits per heavy atom. The molecule has 1 unspecified atom stereocenters. The largest absolute Gasteiger partial charge is 0.489 e. The number of carbonyl (C=O) groups excluding carboxylic acids is 1. The summed E-state index contributed by atoms with van der Waals surface area (Å²) in [7, 11) is 0. The number of unbranched alkanes of at least 4 members (excludes halogenated alkanes) is 1. The number of anilines is 1. The Balaban J connectivity index is 1.60. The molecular formula is C26H28Cl2N4O3S. The average Bonchev–Trinajstić information content (AvgIpc) is 3.26. The van der Waals surface area contributed by atoms with Gasteiger partial charge in [-0.2, -0.15) is 4.98 Å². The number of fused-ring (bicyclic) bond motifs is 1. The molecule has 0 fully saturated rings. The first-order chi connectivity index (χ1) is 17.4. The SMILES string of the molecule is CCCCOC(=O)C1=C(C)Nc2nc(SCC)nn2C1c1ccc(OCc2ccc(Cl)c(Cl)c2)cc1. The van der Waals surface area contributed by atoms with Gasteiger partial charge in [0.05, 0.1) is 22.2 Å². The van der Waals surface area contributed by atoms with Gasteiger partial charge in [0.1, 0.15) is 18.4 Å². The number of thioether (sulfide) groups is 1. The number of nitrogens with one attached hydrogen (secondary N) is 1. The number of rotatable bonds is 10. The van der Waals surface area contributed by atoms with Crippen LogP contribution in [0.3, 0.4) is 0 Å². The highest BCUT2D eigenvalue weighted by atomic mass is 35.5. The molecule has 3 aromatic rings. The van der Waals surface area contributed by atoms with Crippen molar-refractivity contribution in [2.45, 2.75) is 51.4 Å². The normalized spacial score (nSPS) is 14.9. The number of allylic oxidation sites excluding steroid dienone is 1. The fourth-order valence-corrected chi connectivity index (χ4v) is 4.70. The molecule has 1 aliphatic heterocycles. The van der Waals surface area contributed by atoms with Crippen molar-refractivity contribution in [3.05, 3.63) is 74.9 Å². The molecule has 2 heterocycles. The number of aromatic nitrogens is 3. The summed E-state index contributed by atoms with van der Waals surface area (Å²) in [5, 5.41) is 9.56. The third-order valence-corrected chi connectivity index (χ3v) is 7.10. The fraction of sp³-hybridized carbons (Fsp3) is 0.346. The van der Waals surface area contributed by atoms with Gasteiger partial charge in [-0.05, 0) is 54.5 Å². The third-order valence-electron chi connectivity index (χ3n) is 5.64. The number of hydrogen-bond acceptors (Lipinski definition) is 7. The van der Waals surface area contributed by atoms with Crippen LogP contribution in [0, 0.1) is 0 Å². The van der Waals surface area contributed by atoms with E-state index in [1.165, 1.54) is 0 Å². The van der Waals surface area contributed by atoms with Gasteiger partial charge in [-0.1, -0.05) is 73.4 Å². The molecule has 0 saturated heterocycles. The van der Waals surface area contributed by atoms with Gasteiger partial charge in [0.25, 0.3) is 0 Å². The van der Waals surface area contributed by atoms with Crippen LogP contribution in [0.25, 0.3) is 0 Å². The Labute approximate surface area is 225 Å². The van der Waals surface area contributed by atoms with Crippen molar-refractivity contribution in [3.63, 3.8) is 0 Å². The summed E-state index contributed by atoms with van der Waals surface area (Å²) in [5.74, 6) is 1.77. The predicted octanol–water partition coefficient (Wildman–Crippen LogP) is 6.91. The van der Waals surface area contributed by atoms with Crippen LogP contribution >= 0.6 is 35.0 Å². The lowest BCUT2D eigenvalue weighted by Gasteiger charge is -2.28. The number of halogens is 2. The van der Waals surface area contributed by atoms with Gasteiger partial charge < -0.3 is 14.8 Å². The first-order valence-electron chi connectivity index (χ1n) is 11.8. The van der Waals surface area contributed by atoms with Gasteiger partial charge in [0, 0.05) is 5.70 Å². The van der Waals surface area contributed by atoms with E-state index in [1.807, 2.05) is 44.2 Å². The lowest BCUT2D eigenvalue weighted by Crippen LogP contribution is -2.29. The van der Waals surface area contributed by atoms with Gasteiger partial charge in [-0.3, -0.25) is 0 Å². The van der Waals surface area contributed by atoms with E-state index in [1.54, 1.807) is 28.6 Å². The van der Waals surface area contributed by atoms with E-state index in [2.05, 4.69) is 22.3 Å². The van der Waals surface area contributed by atoms with Crippen LogP contribution in [-0.2, 0) is 16.1 Å². The van der Waals surface area contributed by atoms with E-state index >= 15 is 0 Å². The zero-order valence-corrected chi connectivity index (χ0v) is 22.7. The predicted molar refractivity (Wildman–Crippen MR) is 144 cm³/mol. The summed E-state index contributed by atoms with van der Waals surface area (Å²) in [6, 6.07) is 12.6. The maximum atomic E-state index is 13.2. The molecule has 0 aliphatic carbocycles. The lowest BCUT2D eigenvalue weighted by molar-refractivity contribution is -0.139. The molecule has 0 saturated carbocycles. The van der Waals surface area contributed by atoms with E-state index in [-0.39, 0.29) is 5.97 Å². The third kappa shape index (κ3) is 5.99. The van der Waals surface area contributed by atoms with Crippen molar-refractivity contribution in [1.29, 1.82) is 0 Å². The lowest BCUT2D eigenvalue weighted by atomic mass is 9.96. The van der Waals surface area contributed by atoms with Crippen molar-refractivity contribution in [1.82, 2.24) is 14.8 Å². The molecule has 1 aromatic heterocycles. The topological polar surface area (TPSA) is 78.3 Å². The first-order valence-corrected chi connectivity index (χ1v) is 13.6. The van der Waals surface area contributed by atoms with Crippen molar-refractivity contribution in [3.8, 4) is 5.75 Å². The molecule has 0 spiro atoms. The molecule has 1 aliphatic rings. The summed E-state index contributed by atoms with van der Waals surface area (Å²) < 4.78 is 13.3. The number of benzene rings is 2. The molecule has 1 N–H and O–H groups in total. The van der Waals surface area contributed by atoms with E-state index < -0.39 is 6.04 Å². The van der Waals surface area contributed by atoms with E-state index in [9.17, 15) is 4.79 Å². The first kappa shape index (κ1) is 26.4. The smallest absolute Gasteiger partial charge is 0.338 e. The standard InChI is InChI=1S/C26H28Cl2N4O3S/c1-4-6-13-34-24(33)22-16(3)29-25-30-26(36-5-2)31-32(25)23(22)18-8-10-19(11-9-18)35-15-17-7-12-20(27)21(28)14-17/h7-12,14,23H,4-6,13,15H2,1-3H3,(H,29,30,31). The minimum atomic E-state index is -0.474. The van der Waals surface area contributed by atoms with Crippen molar-refractivity contribution in [2.75, 3.05) is 17.7 Å². The quantitative estimate of drug-likeness (QED) is 0.168. The van der Waals surface area contributed by atoms with Crippen molar-refractivity contribution >= 4 is 46.9 Å². The molecule has 1 atom stereocenters. The molecule has 10 heteroatoms. The molecule has 36 heavy (non-hydrogen) atoms. The van der Waals surface area contributed by atoms with Crippen LogP contribution < -0.4 is 10.1 Å². The molecule has 7 nitrogen and oxygen atoms in total. The molecule has 0 bridgehead atoms. The molecule has 190 valence electrons. The number of carbonyl (C=O) groups is 1. The Hall–Kier alpha value is -2.68. The summed E-state index contributed by atoms with van der Waals surface area (Å²) in [6.45, 7) is 6.70. The maximum Gasteiger partial charge on any atom is 0.338 e. The van der Waals surface area contributed by atoms with Crippen LogP contribution in [0.2, 0.25) is 10.0 Å². The van der Waals surface area contributed by atoms with Crippen LogP contribution in [0.5, 0.6) is 5.75 Å². The molecule has 4 rings (SSSR count). The van der Waals surface area contributed by atoms with Crippen molar-refractivity contribution < 1.29 is 14.3 Å². The molecule has 0 amide bonds. The fourth-order valence-electron chi connectivity index (χ4n) is 3.82. The Morgan fingerprint density at radius 1 is 1.14 bits per heavy atom. The van der Waals surface area contributed by atoms with Gasteiger partial charge in [-0.15, -0.1) is 5.10 Å². The van der Waals surface area contributed by atoms with Gasteiger partial charge in [-0.25, -0.2) is 9.48 Å². The minimum absolute atomic E-state index is 0.350. The second-order valence-corrected chi connectivity index (χ2v) is 10.3. The summed E-state index contributed by atoms with van der Waals surface area (Å²) in [4.78, 5) is 17.8. The Morgan fingerprint density at radius 3 is 2.61 bits per heavy atom. The minimum Gasteiger partial charge on any atom is -0.489 e. The van der Waals surface area contributed by atoms with Gasteiger partial charge in [0.2, 0.25) is 11.1 Å². The second kappa shape index (κ2) is 12.0. The van der Waals surface area contributed by atoms with Crippen LogP contribution in [0.1, 0.15) is 50.8 Å². The van der Waals surface area contributed by atoms with E-state index in [0.29, 0.717) is 51.4 Å². The van der Waals surface area contributed by atoms with Gasteiger partial charge >= 0.3 is 5.97 Å². The second-order valence-electron chi connectivity index (χ2n) is 8.26. The average molecular weight is 548 g/mol. The number of hydrogen-bond donors (Lipinski definition) is 1. The van der Waals surface area contributed by atoms with Crippen LogP contribution in [-0.4, -0.2) is 33.1 Å². The monoisotopic (exact) mass is 546 g/mol. The van der Waals surface area contributed by atoms with Crippen molar-refractivity contribution in [2.24, 2.45) is 0 Å². The molecule has 0 radical (unpaired) electrons. The zero-order valence-electron chi connectivity index (χ0n) is 20.4. The number of ether oxygens (including phenoxy) is 2. The highest BCUT2D eigenvalue weighted by molar-refractivity contribution is 7.99. The molecule has 2 aromatic carbocycles.